The van der Waals surface area contributed by atoms with Crippen LogP contribution in [0.3, 0.4) is 0 Å². The average molecular weight is 257 g/mol. The van der Waals surface area contributed by atoms with E-state index in [-0.39, 0.29) is 11.1 Å². The lowest BCUT2D eigenvalue weighted by molar-refractivity contribution is 0.312. The van der Waals surface area contributed by atoms with Crippen LogP contribution in [0, 0.1) is 10.4 Å². The molecule has 0 amide bonds. The van der Waals surface area contributed by atoms with E-state index in [0.717, 1.165) is 5.69 Å². The van der Waals surface area contributed by atoms with Crippen LogP contribution in [0.2, 0.25) is 0 Å². The molecule has 0 atom stereocenters. The fourth-order valence-corrected chi connectivity index (χ4v) is 1.82. The maximum Gasteiger partial charge on any atom is 0.254 e. The van der Waals surface area contributed by atoms with Gasteiger partial charge < -0.3 is 15.7 Å². The second-order valence-electron chi connectivity index (χ2n) is 3.89. The molecule has 1 aliphatic heterocycles. The van der Waals surface area contributed by atoms with E-state index in [4.69, 9.17) is 4.63 Å². The van der Waals surface area contributed by atoms with Crippen molar-refractivity contribution < 1.29 is 4.63 Å². The highest BCUT2D eigenvalue weighted by atomic mass is 16.8. The fraction of sp³-hybridized carbons (Fsp3) is 0. The summed E-state index contributed by atoms with van der Waals surface area (Å²) in [5.41, 5.74) is 2.17. The Labute approximate surface area is 107 Å². The quantitative estimate of drug-likeness (QED) is 0.679. The molecule has 1 aromatic carbocycles. The van der Waals surface area contributed by atoms with Gasteiger partial charge >= 0.3 is 0 Å². The molecule has 0 spiro atoms. The first-order valence-electron chi connectivity index (χ1n) is 5.52. The number of hydrogen-bond donors (Lipinski definition) is 2. The highest BCUT2D eigenvalue weighted by Crippen LogP contribution is 2.25. The van der Waals surface area contributed by atoms with Crippen molar-refractivity contribution in [2.45, 2.75) is 0 Å². The molecule has 0 radical (unpaired) electrons. The summed E-state index contributed by atoms with van der Waals surface area (Å²) in [6.07, 6.45) is 0. The van der Waals surface area contributed by atoms with E-state index in [1.54, 1.807) is 6.07 Å². The van der Waals surface area contributed by atoms with Crippen molar-refractivity contribution in [1.29, 1.82) is 0 Å². The first kappa shape index (κ1) is 11.1. The summed E-state index contributed by atoms with van der Waals surface area (Å²) in [4.78, 5) is -0.495. The molecule has 7 heteroatoms. The summed E-state index contributed by atoms with van der Waals surface area (Å²) < 4.78 is 4.71. The predicted molar refractivity (Wildman–Crippen MR) is 69.2 cm³/mol. The number of nitrogens with zero attached hydrogens (tertiary/aromatic N) is 2. The van der Waals surface area contributed by atoms with Crippen LogP contribution in [0.15, 0.2) is 47.1 Å². The Morgan fingerprint density at radius 2 is 1.89 bits per heavy atom. The zero-order valence-electron chi connectivity index (χ0n) is 9.66. The van der Waals surface area contributed by atoms with Crippen molar-refractivity contribution >= 4 is 11.4 Å². The van der Waals surface area contributed by atoms with Crippen LogP contribution in [-0.2, 0) is 0 Å². The Morgan fingerprint density at radius 1 is 1.11 bits per heavy atom. The lowest BCUT2D eigenvalue weighted by Gasteiger charge is -2.09. The van der Waals surface area contributed by atoms with Gasteiger partial charge in [0.05, 0.1) is 5.69 Å². The van der Waals surface area contributed by atoms with E-state index >= 15 is 0 Å². The van der Waals surface area contributed by atoms with E-state index < -0.39 is 4.90 Å². The number of H-pyrrole nitrogens is 1. The van der Waals surface area contributed by atoms with Crippen LogP contribution in [0.1, 0.15) is 0 Å². The molecular formula is C12H9N4O3-. The van der Waals surface area contributed by atoms with E-state index in [2.05, 4.69) is 15.6 Å². The topological polar surface area (TPSA) is 103 Å². The highest BCUT2D eigenvalue weighted by molar-refractivity contribution is 5.76. The molecule has 2 N–H and O–H groups in total. The third kappa shape index (κ3) is 1.97. The van der Waals surface area contributed by atoms with Gasteiger partial charge in [0.15, 0.2) is 0 Å². The summed E-state index contributed by atoms with van der Waals surface area (Å²) in [6.45, 7) is 0. The number of benzene rings is 2. The first-order valence-corrected chi connectivity index (χ1v) is 5.52. The smallest absolute Gasteiger partial charge is 0.254 e. The van der Waals surface area contributed by atoms with Crippen molar-refractivity contribution in [1.82, 2.24) is 15.2 Å². The zero-order chi connectivity index (χ0) is 13.2. The monoisotopic (exact) mass is 257 g/mol. The molecular weight excluding hydrogens is 248 g/mol. The average Bonchev–Trinajstić information content (AvgIpc) is 2.89. The van der Waals surface area contributed by atoms with Crippen LogP contribution < -0.4 is 15.6 Å². The SMILES string of the molecule is [O-][N+]([O-])=c1ccc(Nc2ccccc2)c2[nH]onc1-2. The molecule has 7 nitrogen and oxygen atoms in total. The molecule has 1 aromatic rings. The molecule has 0 bridgehead atoms. The lowest BCUT2D eigenvalue weighted by atomic mass is 10.1. The number of fused-ring (bicyclic) bond motifs is 1. The Morgan fingerprint density at radius 3 is 2.63 bits per heavy atom. The summed E-state index contributed by atoms with van der Waals surface area (Å²) in [5, 5.41) is 31.0. The molecule has 2 aliphatic rings. The number of hydrogen-bond acceptors (Lipinski definition) is 5. The van der Waals surface area contributed by atoms with Gasteiger partial charge in [0.2, 0.25) is 5.69 Å². The van der Waals surface area contributed by atoms with Crippen molar-refractivity contribution in [2.24, 2.45) is 0 Å². The minimum absolute atomic E-state index is 0.0985. The second kappa shape index (κ2) is 4.37. The highest BCUT2D eigenvalue weighted by Gasteiger charge is 2.18. The maximum absolute atomic E-state index is 10.9. The van der Waals surface area contributed by atoms with Crippen LogP contribution in [-0.4, -0.2) is 10.3 Å². The number of nitrogens with one attached hydrogen (secondary N) is 2. The maximum atomic E-state index is 10.9. The van der Waals surface area contributed by atoms with Gasteiger partial charge in [-0.1, -0.05) is 18.2 Å². The molecule has 0 saturated carbocycles. The molecule has 3 rings (SSSR count). The molecule has 1 heterocycles. The lowest BCUT2D eigenvalue weighted by Crippen LogP contribution is -2.21. The Hall–Kier alpha value is -2.96. The summed E-state index contributed by atoms with van der Waals surface area (Å²) in [5.74, 6) is 0. The largest absolute Gasteiger partial charge is 0.612 e. The minimum atomic E-state index is -0.495. The van der Waals surface area contributed by atoms with Gasteiger partial charge in [-0.15, -0.1) is 0 Å². The number of anilines is 2. The fourth-order valence-electron chi connectivity index (χ4n) is 1.82. The van der Waals surface area contributed by atoms with Crippen molar-refractivity contribution in [3.8, 4) is 11.4 Å². The third-order valence-electron chi connectivity index (χ3n) is 2.69. The molecule has 0 fully saturated rings. The number of aromatic nitrogens is 2. The van der Waals surface area contributed by atoms with Crippen molar-refractivity contribution in [2.75, 3.05) is 5.32 Å². The van der Waals surface area contributed by atoms with Gasteiger partial charge in [-0.05, 0) is 23.4 Å². The van der Waals surface area contributed by atoms with E-state index in [1.165, 1.54) is 6.07 Å². The van der Waals surface area contributed by atoms with Gasteiger partial charge in [0.1, 0.15) is 5.69 Å². The Bertz CT molecular complexity index is 728. The van der Waals surface area contributed by atoms with Crippen molar-refractivity contribution in [3.63, 3.8) is 0 Å². The number of para-hydroxylation sites is 1. The summed E-state index contributed by atoms with van der Waals surface area (Å²) >= 11 is 0. The van der Waals surface area contributed by atoms with Gasteiger partial charge in [-0.2, -0.15) is 10.1 Å². The van der Waals surface area contributed by atoms with E-state index in [9.17, 15) is 10.4 Å². The normalized spacial score (nSPS) is 10.5. The van der Waals surface area contributed by atoms with Crippen molar-refractivity contribution in [3.05, 3.63) is 58.2 Å². The minimum Gasteiger partial charge on any atom is -0.612 e. The standard InChI is InChI=1S/C12H9N4O3/c17-16(18)10-7-6-9(11-12(10)15-19-14-11)13-8-4-2-1-3-5-8/h1-7,13-14H/q-1. The first-order chi connectivity index (χ1) is 9.25. The van der Waals surface area contributed by atoms with E-state index in [1.807, 2.05) is 30.3 Å². The molecule has 0 saturated heterocycles. The van der Waals surface area contributed by atoms with Crippen LogP contribution in [0.5, 0.6) is 0 Å². The second-order valence-corrected chi connectivity index (χ2v) is 3.89. The molecule has 0 unspecified atom stereocenters. The van der Waals surface area contributed by atoms with Crippen LogP contribution in [0.25, 0.3) is 11.4 Å². The summed E-state index contributed by atoms with van der Waals surface area (Å²) in [6, 6.07) is 12.5. The van der Waals surface area contributed by atoms with Gasteiger partial charge in [0.25, 0.3) is 5.36 Å². The Balaban J connectivity index is 2.10. The number of aromatic amines is 1. The van der Waals surface area contributed by atoms with Crippen LogP contribution in [0.4, 0.5) is 11.4 Å². The van der Waals surface area contributed by atoms with Gasteiger partial charge in [-0.3, -0.25) is 4.63 Å². The zero-order valence-corrected chi connectivity index (χ0v) is 9.66. The predicted octanol–water partition coefficient (Wildman–Crippen LogP) is 1.62. The van der Waals surface area contributed by atoms with Gasteiger partial charge in [0, 0.05) is 11.8 Å². The molecule has 19 heavy (non-hydrogen) atoms. The molecule has 1 aliphatic carbocycles. The van der Waals surface area contributed by atoms with Crippen LogP contribution >= 0.6 is 0 Å². The molecule has 0 aromatic heterocycles. The number of rotatable bonds is 2. The summed E-state index contributed by atoms with van der Waals surface area (Å²) in [7, 11) is 0. The van der Waals surface area contributed by atoms with Gasteiger partial charge in [-0.25, -0.2) is 0 Å². The third-order valence-corrected chi connectivity index (χ3v) is 2.69. The van der Waals surface area contributed by atoms with E-state index in [0.29, 0.717) is 11.4 Å². The Kier molecular flexibility index (Phi) is 2.57. The molecule has 96 valence electrons.